The highest BCUT2D eigenvalue weighted by molar-refractivity contribution is 5.75. The molecule has 0 saturated carbocycles. The van der Waals surface area contributed by atoms with Crippen LogP contribution in [-0.2, 0) is 16.1 Å². The summed E-state index contributed by atoms with van der Waals surface area (Å²) in [7, 11) is 0. The number of nitrogens with one attached hydrogen (secondary N) is 1. The van der Waals surface area contributed by atoms with Crippen LogP contribution >= 0.6 is 0 Å². The van der Waals surface area contributed by atoms with Crippen LogP contribution in [0.2, 0.25) is 0 Å². The minimum atomic E-state index is -0.252. The third kappa shape index (κ3) is 4.31. The predicted molar refractivity (Wildman–Crippen MR) is 64.1 cm³/mol. The lowest BCUT2D eigenvalue weighted by Gasteiger charge is -2.09. The number of nitrogens with two attached hydrogens (primary N) is 1. The van der Waals surface area contributed by atoms with Crippen molar-refractivity contribution in [3.63, 3.8) is 0 Å². The molecular weight excluding hydrogens is 204 g/mol. The molecular formula is C12H18N2O2. The zero-order chi connectivity index (χ0) is 12.0. The van der Waals surface area contributed by atoms with E-state index in [9.17, 15) is 4.79 Å². The van der Waals surface area contributed by atoms with Gasteiger partial charge in [-0.15, -0.1) is 0 Å². The maximum absolute atomic E-state index is 11.2. The van der Waals surface area contributed by atoms with E-state index in [1.54, 1.807) is 0 Å². The predicted octanol–water partition coefficient (Wildman–Crippen LogP) is 1.51. The van der Waals surface area contributed by atoms with Gasteiger partial charge in [-0.1, -0.05) is 12.1 Å². The van der Waals surface area contributed by atoms with Crippen LogP contribution in [0.3, 0.4) is 0 Å². The third-order valence-electron chi connectivity index (χ3n) is 1.99. The Kier molecular flexibility index (Phi) is 4.79. The molecule has 0 fully saturated rings. The van der Waals surface area contributed by atoms with Crippen molar-refractivity contribution < 1.29 is 9.53 Å². The Labute approximate surface area is 95.8 Å². The minimum absolute atomic E-state index is 0.0751. The van der Waals surface area contributed by atoms with Crippen molar-refractivity contribution in [2.45, 2.75) is 26.5 Å². The van der Waals surface area contributed by atoms with Crippen LogP contribution in [0.15, 0.2) is 24.3 Å². The van der Waals surface area contributed by atoms with Crippen molar-refractivity contribution in [3.05, 3.63) is 29.8 Å². The molecule has 1 aromatic rings. The molecule has 0 atom stereocenters. The summed E-state index contributed by atoms with van der Waals surface area (Å²) in [6.07, 6.45) is -0.0751. The molecule has 4 nitrogen and oxygen atoms in total. The number of carbonyl (C=O) groups is 1. The van der Waals surface area contributed by atoms with Crippen molar-refractivity contribution >= 4 is 11.7 Å². The van der Waals surface area contributed by atoms with E-state index < -0.39 is 0 Å². The van der Waals surface area contributed by atoms with E-state index in [1.807, 2.05) is 38.1 Å². The van der Waals surface area contributed by atoms with Crippen LogP contribution in [0.4, 0.5) is 5.69 Å². The molecule has 4 heteroatoms. The topological polar surface area (TPSA) is 64.3 Å². The lowest BCUT2D eigenvalue weighted by Crippen LogP contribution is -2.20. The summed E-state index contributed by atoms with van der Waals surface area (Å²) in [6, 6.07) is 7.64. The van der Waals surface area contributed by atoms with Crippen molar-refractivity contribution in [2.24, 2.45) is 5.73 Å². The molecule has 0 aliphatic rings. The van der Waals surface area contributed by atoms with Crippen molar-refractivity contribution in [1.82, 2.24) is 0 Å². The Morgan fingerprint density at radius 3 is 2.50 bits per heavy atom. The number of ether oxygens (including phenoxy) is 1. The standard InChI is InChI=1S/C12H18N2O2/c1-9(2)16-12(15)8-14-11-5-3-10(7-13)4-6-11/h3-6,9,14H,7-8,13H2,1-2H3. The fourth-order valence-electron chi connectivity index (χ4n) is 1.24. The zero-order valence-electron chi connectivity index (χ0n) is 9.69. The molecule has 1 rings (SSSR count). The fraction of sp³-hybridized carbons (Fsp3) is 0.417. The van der Waals surface area contributed by atoms with E-state index in [1.165, 1.54) is 0 Å². The Bertz CT molecular complexity index is 333. The van der Waals surface area contributed by atoms with Gasteiger partial charge in [0.05, 0.1) is 6.10 Å². The highest BCUT2D eigenvalue weighted by atomic mass is 16.5. The van der Waals surface area contributed by atoms with Gasteiger partial charge in [0, 0.05) is 12.2 Å². The first-order valence-corrected chi connectivity index (χ1v) is 5.34. The first kappa shape index (κ1) is 12.5. The molecule has 16 heavy (non-hydrogen) atoms. The summed E-state index contributed by atoms with van der Waals surface area (Å²) < 4.78 is 5.00. The molecule has 0 radical (unpaired) electrons. The third-order valence-corrected chi connectivity index (χ3v) is 1.99. The molecule has 0 heterocycles. The maximum atomic E-state index is 11.2. The van der Waals surface area contributed by atoms with Gasteiger partial charge >= 0.3 is 5.97 Å². The molecule has 0 aromatic heterocycles. The van der Waals surface area contributed by atoms with Gasteiger partial charge in [-0.2, -0.15) is 0 Å². The van der Waals surface area contributed by atoms with Crippen molar-refractivity contribution in [2.75, 3.05) is 11.9 Å². The molecule has 1 aromatic carbocycles. The smallest absolute Gasteiger partial charge is 0.325 e. The fourth-order valence-corrected chi connectivity index (χ4v) is 1.24. The van der Waals surface area contributed by atoms with E-state index >= 15 is 0 Å². The van der Waals surface area contributed by atoms with E-state index in [0.29, 0.717) is 6.54 Å². The monoisotopic (exact) mass is 222 g/mol. The lowest BCUT2D eigenvalue weighted by atomic mass is 10.2. The molecule has 0 aliphatic heterocycles. The van der Waals surface area contributed by atoms with E-state index in [0.717, 1.165) is 11.3 Å². The summed E-state index contributed by atoms with van der Waals surface area (Å²) in [5.74, 6) is -0.252. The van der Waals surface area contributed by atoms with Crippen LogP contribution in [0, 0.1) is 0 Å². The van der Waals surface area contributed by atoms with Gasteiger partial charge in [0.25, 0.3) is 0 Å². The van der Waals surface area contributed by atoms with Gasteiger partial charge in [0.2, 0.25) is 0 Å². The first-order chi connectivity index (χ1) is 7.61. The molecule has 0 bridgehead atoms. The number of rotatable bonds is 5. The maximum Gasteiger partial charge on any atom is 0.325 e. The minimum Gasteiger partial charge on any atom is -0.462 e. The summed E-state index contributed by atoms with van der Waals surface area (Å²) in [5, 5.41) is 2.99. The Morgan fingerprint density at radius 1 is 1.38 bits per heavy atom. The van der Waals surface area contributed by atoms with Crippen LogP contribution < -0.4 is 11.1 Å². The zero-order valence-corrected chi connectivity index (χ0v) is 9.69. The van der Waals surface area contributed by atoms with Gasteiger partial charge in [0.1, 0.15) is 6.54 Å². The number of esters is 1. The van der Waals surface area contributed by atoms with E-state index in [-0.39, 0.29) is 18.6 Å². The molecule has 0 saturated heterocycles. The quantitative estimate of drug-likeness (QED) is 0.741. The highest BCUT2D eigenvalue weighted by Crippen LogP contribution is 2.08. The molecule has 0 amide bonds. The van der Waals surface area contributed by atoms with Gasteiger partial charge in [-0.25, -0.2) is 0 Å². The SMILES string of the molecule is CC(C)OC(=O)CNc1ccc(CN)cc1. The summed E-state index contributed by atoms with van der Waals surface area (Å²) in [4.78, 5) is 11.2. The van der Waals surface area contributed by atoms with Crippen LogP contribution in [-0.4, -0.2) is 18.6 Å². The molecule has 3 N–H and O–H groups in total. The van der Waals surface area contributed by atoms with Gasteiger partial charge < -0.3 is 15.8 Å². The average molecular weight is 222 g/mol. The van der Waals surface area contributed by atoms with Crippen molar-refractivity contribution in [1.29, 1.82) is 0 Å². The molecule has 0 unspecified atom stereocenters. The largest absolute Gasteiger partial charge is 0.462 e. The second-order valence-corrected chi connectivity index (χ2v) is 3.79. The van der Waals surface area contributed by atoms with E-state index in [2.05, 4.69) is 5.32 Å². The average Bonchev–Trinajstić information content (AvgIpc) is 2.26. The summed E-state index contributed by atoms with van der Waals surface area (Å²) in [5.41, 5.74) is 7.43. The van der Waals surface area contributed by atoms with Crippen molar-refractivity contribution in [3.8, 4) is 0 Å². The summed E-state index contributed by atoms with van der Waals surface area (Å²) in [6.45, 7) is 4.36. The summed E-state index contributed by atoms with van der Waals surface area (Å²) >= 11 is 0. The normalized spacial score (nSPS) is 10.2. The number of carbonyl (C=O) groups excluding carboxylic acids is 1. The number of hydrogen-bond donors (Lipinski definition) is 2. The number of benzene rings is 1. The van der Waals surface area contributed by atoms with Gasteiger partial charge in [-0.3, -0.25) is 4.79 Å². The number of hydrogen-bond acceptors (Lipinski definition) is 4. The van der Waals surface area contributed by atoms with Gasteiger partial charge in [0.15, 0.2) is 0 Å². The van der Waals surface area contributed by atoms with Gasteiger partial charge in [-0.05, 0) is 31.5 Å². The Hall–Kier alpha value is -1.55. The lowest BCUT2D eigenvalue weighted by molar-refractivity contribution is -0.145. The van der Waals surface area contributed by atoms with Crippen LogP contribution in [0.25, 0.3) is 0 Å². The van der Waals surface area contributed by atoms with E-state index in [4.69, 9.17) is 10.5 Å². The number of anilines is 1. The first-order valence-electron chi connectivity index (χ1n) is 5.34. The molecule has 88 valence electrons. The Balaban J connectivity index is 2.39. The second kappa shape index (κ2) is 6.12. The molecule has 0 spiro atoms. The highest BCUT2D eigenvalue weighted by Gasteiger charge is 2.04. The van der Waals surface area contributed by atoms with Crippen LogP contribution in [0.1, 0.15) is 19.4 Å². The Morgan fingerprint density at radius 2 is 2.00 bits per heavy atom. The van der Waals surface area contributed by atoms with Crippen LogP contribution in [0.5, 0.6) is 0 Å². The molecule has 0 aliphatic carbocycles. The second-order valence-electron chi connectivity index (χ2n) is 3.79.